The Kier molecular flexibility index (Phi) is 4.13. The van der Waals surface area contributed by atoms with Gasteiger partial charge in [0.2, 0.25) is 5.91 Å². The number of nitrogens with two attached hydrogens (primary N) is 1. The van der Waals surface area contributed by atoms with Crippen molar-refractivity contribution in [1.82, 2.24) is 4.90 Å². The summed E-state index contributed by atoms with van der Waals surface area (Å²) in [5, 5.41) is 0. The van der Waals surface area contributed by atoms with E-state index in [0.29, 0.717) is 18.4 Å². The molecular formula is C16H21BrN2O. The lowest BCUT2D eigenvalue weighted by atomic mass is 10.0. The first kappa shape index (κ1) is 14.1. The highest BCUT2D eigenvalue weighted by Gasteiger charge is 2.46. The number of piperidine rings is 1. The molecule has 2 N–H and O–H groups in total. The van der Waals surface area contributed by atoms with Gasteiger partial charge in [-0.1, -0.05) is 28.1 Å². The number of hydrogen-bond acceptors (Lipinski definition) is 2. The van der Waals surface area contributed by atoms with E-state index < -0.39 is 0 Å². The Hall–Kier alpha value is -0.870. The number of halogens is 1. The highest BCUT2D eigenvalue weighted by atomic mass is 79.9. The van der Waals surface area contributed by atoms with Gasteiger partial charge < -0.3 is 10.6 Å². The first-order valence-corrected chi connectivity index (χ1v) is 8.26. The summed E-state index contributed by atoms with van der Waals surface area (Å²) in [7, 11) is 0. The Morgan fingerprint density at radius 1 is 1.40 bits per heavy atom. The molecule has 0 bridgehead atoms. The molecule has 4 heteroatoms. The lowest BCUT2D eigenvalue weighted by Crippen LogP contribution is -2.48. The number of carbonyl (C=O) groups is 1. The molecule has 20 heavy (non-hydrogen) atoms. The zero-order valence-corrected chi connectivity index (χ0v) is 13.2. The van der Waals surface area contributed by atoms with Crippen LogP contribution in [0.2, 0.25) is 0 Å². The Morgan fingerprint density at radius 2 is 2.25 bits per heavy atom. The van der Waals surface area contributed by atoms with Crippen molar-refractivity contribution in [3.63, 3.8) is 0 Å². The van der Waals surface area contributed by atoms with Crippen LogP contribution in [0.5, 0.6) is 0 Å². The van der Waals surface area contributed by atoms with Gasteiger partial charge in [0.15, 0.2) is 0 Å². The van der Waals surface area contributed by atoms with Gasteiger partial charge in [-0.2, -0.15) is 0 Å². The van der Waals surface area contributed by atoms with Crippen LogP contribution in [-0.2, 0) is 4.79 Å². The van der Waals surface area contributed by atoms with E-state index >= 15 is 0 Å². The van der Waals surface area contributed by atoms with Gasteiger partial charge in [0.25, 0.3) is 0 Å². The maximum atomic E-state index is 12.7. The minimum atomic E-state index is 0.177. The maximum absolute atomic E-state index is 12.7. The Labute approximate surface area is 128 Å². The van der Waals surface area contributed by atoms with Gasteiger partial charge in [-0.3, -0.25) is 4.79 Å². The van der Waals surface area contributed by atoms with Gasteiger partial charge in [0.05, 0.1) is 0 Å². The van der Waals surface area contributed by atoms with E-state index in [4.69, 9.17) is 5.73 Å². The SMILES string of the molecule is NCC1CCCCN1C(=O)C1CC1c1cccc(Br)c1. The van der Waals surface area contributed by atoms with E-state index in [-0.39, 0.29) is 12.0 Å². The summed E-state index contributed by atoms with van der Waals surface area (Å²) in [4.78, 5) is 14.7. The van der Waals surface area contributed by atoms with Crippen molar-refractivity contribution in [2.75, 3.05) is 13.1 Å². The van der Waals surface area contributed by atoms with Crippen LogP contribution >= 0.6 is 15.9 Å². The third-order valence-electron chi connectivity index (χ3n) is 4.57. The molecule has 2 fully saturated rings. The van der Waals surface area contributed by atoms with Gasteiger partial charge >= 0.3 is 0 Å². The Balaban J connectivity index is 1.67. The van der Waals surface area contributed by atoms with Crippen LogP contribution in [0.3, 0.4) is 0 Å². The molecular weight excluding hydrogens is 316 g/mol. The summed E-state index contributed by atoms with van der Waals surface area (Å²) in [6.45, 7) is 1.49. The third kappa shape index (κ3) is 2.77. The number of nitrogens with zero attached hydrogens (tertiary/aromatic N) is 1. The fourth-order valence-electron chi connectivity index (χ4n) is 3.32. The minimum absolute atomic E-state index is 0.177. The summed E-state index contributed by atoms with van der Waals surface area (Å²) in [6.07, 6.45) is 4.38. The fourth-order valence-corrected chi connectivity index (χ4v) is 3.74. The van der Waals surface area contributed by atoms with Crippen LogP contribution in [0.25, 0.3) is 0 Å². The molecule has 1 saturated carbocycles. The molecule has 3 nitrogen and oxygen atoms in total. The molecule has 1 saturated heterocycles. The quantitative estimate of drug-likeness (QED) is 0.922. The zero-order valence-electron chi connectivity index (χ0n) is 11.6. The molecule has 2 aliphatic rings. The molecule has 1 heterocycles. The molecule has 108 valence electrons. The first-order valence-electron chi connectivity index (χ1n) is 7.46. The van der Waals surface area contributed by atoms with Gasteiger partial charge in [-0.25, -0.2) is 0 Å². The molecule has 1 amide bonds. The molecule has 1 aliphatic heterocycles. The van der Waals surface area contributed by atoms with E-state index in [1.54, 1.807) is 0 Å². The van der Waals surface area contributed by atoms with E-state index in [9.17, 15) is 4.79 Å². The fraction of sp³-hybridized carbons (Fsp3) is 0.562. The Morgan fingerprint density at radius 3 is 3.00 bits per heavy atom. The lowest BCUT2D eigenvalue weighted by Gasteiger charge is -2.35. The summed E-state index contributed by atoms with van der Waals surface area (Å²) >= 11 is 3.50. The van der Waals surface area contributed by atoms with Gasteiger partial charge in [-0.05, 0) is 49.3 Å². The highest BCUT2D eigenvalue weighted by Crippen LogP contribution is 2.49. The average Bonchev–Trinajstić information content (AvgIpc) is 3.27. The van der Waals surface area contributed by atoms with Crippen molar-refractivity contribution in [3.05, 3.63) is 34.3 Å². The number of rotatable bonds is 3. The predicted molar refractivity (Wildman–Crippen MR) is 83.4 cm³/mol. The molecule has 0 aromatic heterocycles. The van der Waals surface area contributed by atoms with E-state index in [2.05, 4.69) is 28.1 Å². The van der Waals surface area contributed by atoms with Gasteiger partial charge in [-0.15, -0.1) is 0 Å². The topological polar surface area (TPSA) is 46.3 Å². The summed E-state index contributed by atoms with van der Waals surface area (Å²) in [6, 6.07) is 8.59. The van der Waals surface area contributed by atoms with Crippen LogP contribution in [0.1, 0.15) is 37.2 Å². The molecule has 1 aromatic carbocycles. The van der Waals surface area contributed by atoms with Crippen LogP contribution < -0.4 is 5.73 Å². The van der Waals surface area contributed by atoms with E-state index in [0.717, 1.165) is 30.3 Å². The number of hydrogen-bond donors (Lipinski definition) is 1. The largest absolute Gasteiger partial charge is 0.338 e. The minimum Gasteiger partial charge on any atom is -0.338 e. The molecule has 1 aliphatic carbocycles. The number of benzene rings is 1. The second-order valence-electron chi connectivity index (χ2n) is 5.92. The summed E-state index contributed by atoms with van der Waals surface area (Å²) in [5.74, 6) is 0.905. The van der Waals surface area contributed by atoms with Gasteiger partial charge in [0, 0.05) is 29.5 Å². The second-order valence-corrected chi connectivity index (χ2v) is 6.84. The molecule has 1 aromatic rings. The van der Waals surface area contributed by atoms with Crippen molar-refractivity contribution < 1.29 is 4.79 Å². The summed E-state index contributed by atoms with van der Waals surface area (Å²) < 4.78 is 1.09. The molecule has 3 unspecified atom stereocenters. The monoisotopic (exact) mass is 336 g/mol. The molecule has 0 spiro atoms. The maximum Gasteiger partial charge on any atom is 0.226 e. The molecule has 3 rings (SSSR count). The van der Waals surface area contributed by atoms with Crippen molar-refractivity contribution >= 4 is 21.8 Å². The highest BCUT2D eigenvalue weighted by molar-refractivity contribution is 9.10. The molecule has 3 atom stereocenters. The number of likely N-dealkylation sites (tertiary alicyclic amines) is 1. The van der Waals surface area contributed by atoms with E-state index in [1.165, 1.54) is 12.0 Å². The van der Waals surface area contributed by atoms with Crippen molar-refractivity contribution in [2.24, 2.45) is 11.7 Å². The van der Waals surface area contributed by atoms with Gasteiger partial charge in [0.1, 0.15) is 0 Å². The van der Waals surface area contributed by atoms with E-state index in [1.807, 2.05) is 17.0 Å². The van der Waals surface area contributed by atoms with Crippen molar-refractivity contribution in [2.45, 2.75) is 37.6 Å². The van der Waals surface area contributed by atoms with Crippen LogP contribution in [0.15, 0.2) is 28.7 Å². The second kappa shape index (κ2) is 5.86. The average molecular weight is 337 g/mol. The van der Waals surface area contributed by atoms with Crippen LogP contribution in [0, 0.1) is 5.92 Å². The third-order valence-corrected chi connectivity index (χ3v) is 5.06. The number of amides is 1. The predicted octanol–water partition coefficient (Wildman–Crippen LogP) is 2.89. The molecule has 0 radical (unpaired) electrons. The number of carbonyl (C=O) groups excluding carboxylic acids is 1. The van der Waals surface area contributed by atoms with Crippen molar-refractivity contribution in [3.8, 4) is 0 Å². The Bertz CT molecular complexity index is 505. The zero-order chi connectivity index (χ0) is 14.1. The summed E-state index contributed by atoms with van der Waals surface area (Å²) in [5.41, 5.74) is 7.09. The normalized spacial score (nSPS) is 29.3. The smallest absolute Gasteiger partial charge is 0.226 e. The van der Waals surface area contributed by atoms with Crippen LogP contribution in [0.4, 0.5) is 0 Å². The first-order chi connectivity index (χ1) is 9.70. The van der Waals surface area contributed by atoms with Crippen LogP contribution in [-0.4, -0.2) is 29.9 Å². The van der Waals surface area contributed by atoms with Crippen molar-refractivity contribution in [1.29, 1.82) is 0 Å². The lowest BCUT2D eigenvalue weighted by molar-refractivity contribution is -0.136. The standard InChI is InChI=1S/C16H21BrN2O/c17-12-5-3-4-11(8-12)14-9-15(14)16(20)19-7-2-1-6-13(19)10-18/h3-5,8,13-15H,1-2,6-7,9-10,18H2.